The second-order valence-electron chi connectivity index (χ2n) is 5.02. The molecule has 0 spiro atoms. The number of halogens is 2. The molecule has 0 radical (unpaired) electrons. The lowest BCUT2D eigenvalue weighted by Crippen LogP contribution is -2.25. The van der Waals surface area contributed by atoms with E-state index >= 15 is 0 Å². The number of Topliss-reactive ketones (excluding diaryl/α,β-unsaturated/α-hetero) is 1. The average Bonchev–Trinajstić information content (AvgIpc) is 2.46. The molecule has 1 atom stereocenters. The number of carbonyl (C=O) groups is 2. The lowest BCUT2D eigenvalue weighted by Gasteiger charge is -2.27. The molecule has 0 aromatic heterocycles. The smallest absolute Gasteiger partial charge is 0.341 e. The number of benzene rings is 1. The van der Waals surface area contributed by atoms with Crippen LogP contribution in [-0.4, -0.2) is 18.4 Å². The van der Waals surface area contributed by atoms with Crippen molar-refractivity contribution in [1.29, 1.82) is 0 Å². The van der Waals surface area contributed by atoms with Gasteiger partial charge in [-0.25, -0.2) is 4.79 Å². The maximum absolute atomic E-state index is 14.3. The Morgan fingerprint density at radius 1 is 1.26 bits per heavy atom. The van der Waals surface area contributed by atoms with Crippen molar-refractivity contribution in [1.82, 2.24) is 0 Å². The number of esters is 1. The molecule has 1 heterocycles. The van der Waals surface area contributed by atoms with Gasteiger partial charge in [-0.15, -0.1) is 0 Å². The van der Waals surface area contributed by atoms with E-state index in [4.69, 9.17) is 9.47 Å². The van der Waals surface area contributed by atoms with Crippen LogP contribution in [0.5, 0.6) is 0 Å². The summed E-state index contributed by atoms with van der Waals surface area (Å²) in [4.78, 5) is 24.2. The summed E-state index contributed by atoms with van der Waals surface area (Å²) in [5, 5.41) is 0. The van der Waals surface area contributed by atoms with Crippen molar-refractivity contribution in [3.63, 3.8) is 0 Å². The summed E-state index contributed by atoms with van der Waals surface area (Å²) in [6.45, 7) is 4.59. The molecule has 4 nitrogen and oxygen atoms in total. The SMILES string of the molecule is CCOC(=O)C1=C(F)OC(C)=C(C(C)=O)C1c1ccc(Br)cc1. The highest BCUT2D eigenvalue weighted by Gasteiger charge is 2.39. The zero-order valence-electron chi connectivity index (χ0n) is 13.0. The van der Waals surface area contributed by atoms with Crippen LogP contribution >= 0.6 is 15.9 Å². The van der Waals surface area contributed by atoms with Crippen molar-refractivity contribution in [3.8, 4) is 0 Å². The molecule has 1 aliphatic rings. The lowest BCUT2D eigenvalue weighted by molar-refractivity contribution is -0.139. The Balaban J connectivity index is 2.63. The molecule has 1 aromatic carbocycles. The zero-order valence-corrected chi connectivity index (χ0v) is 14.6. The fraction of sp³-hybridized carbons (Fsp3) is 0.294. The molecule has 1 aromatic rings. The summed E-state index contributed by atoms with van der Waals surface area (Å²) >= 11 is 3.32. The quantitative estimate of drug-likeness (QED) is 0.733. The van der Waals surface area contributed by atoms with Crippen LogP contribution in [0.1, 0.15) is 32.3 Å². The number of allylic oxidation sites excluding steroid dienone is 2. The van der Waals surface area contributed by atoms with Crippen LogP contribution in [0.15, 0.2) is 51.7 Å². The van der Waals surface area contributed by atoms with Gasteiger partial charge in [-0.3, -0.25) is 4.79 Å². The molecular weight excluding hydrogens is 367 g/mol. The summed E-state index contributed by atoms with van der Waals surface area (Å²) < 4.78 is 25.1. The first kappa shape index (κ1) is 17.4. The molecule has 2 rings (SSSR count). The molecule has 1 unspecified atom stereocenters. The highest BCUT2D eigenvalue weighted by molar-refractivity contribution is 9.10. The fourth-order valence-electron chi connectivity index (χ4n) is 2.55. The van der Waals surface area contributed by atoms with Crippen LogP contribution in [0.4, 0.5) is 4.39 Å². The van der Waals surface area contributed by atoms with Crippen LogP contribution in [0.2, 0.25) is 0 Å². The Labute approximate surface area is 142 Å². The average molecular weight is 383 g/mol. The van der Waals surface area contributed by atoms with Gasteiger partial charge in [0.25, 0.3) is 6.01 Å². The third kappa shape index (κ3) is 3.52. The highest BCUT2D eigenvalue weighted by Crippen LogP contribution is 2.41. The third-order valence-electron chi connectivity index (χ3n) is 3.49. The Morgan fingerprint density at radius 2 is 1.87 bits per heavy atom. The van der Waals surface area contributed by atoms with E-state index in [1.807, 2.05) is 0 Å². The van der Waals surface area contributed by atoms with Crippen molar-refractivity contribution in [2.75, 3.05) is 6.61 Å². The predicted octanol–water partition coefficient (Wildman–Crippen LogP) is 4.17. The van der Waals surface area contributed by atoms with E-state index in [2.05, 4.69) is 15.9 Å². The Hall–Kier alpha value is -1.95. The van der Waals surface area contributed by atoms with E-state index in [1.54, 1.807) is 31.2 Å². The van der Waals surface area contributed by atoms with Gasteiger partial charge in [-0.05, 0) is 38.5 Å². The van der Waals surface area contributed by atoms with Crippen molar-refractivity contribution in [2.45, 2.75) is 26.7 Å². The van der Waals surface area contributed by atoms with Gasteiger partial charge in [0, 0.05) is 10.0 Å². The first-order chi connectivity index (χ1) is 10.9. The fourth-order valence-corrected chi connectivity index (χ4v) is 2.82. The van der Waals surface area contributed by atoms with Crippen molar-refractivity contribution in [2.24, 2.45) is 0 Å². The summed E-state index contributed by atoms with van der Waals surface area (Å²) in [7, 11) is 0. The van der Waals surface area contributed by atoms with Gasteiger partial charge in [0.1, 0.15) is 11.3 Å². The topological polar surface area (TPSA) is 52.6 Å². The normalized spacial score (nSPS) is 17.9. The molecule has 0 aliphatic carbocycles. The minimum absolute atomic E-state index is 0.0980. The van der Waals surface area contributed by atoms with Gasteiger partial charge in [0.05, 0.1) is 12.5 Å². The highest BCUT2D eigenvalue weighted by atomic mass is 79.9. The summed E-state index contributed by atoms with van der Waals surface area (Å²) in [5.41, 5.74) is 0.570. The van der Waals surface area contributed by atoms with Gasteiger partial charge < -0.3 is 9.47 Å². The number of hydrogen-bond donors (Lipinski definition) is 0. The predicted molar refractivity (Wildman–Crippen MR) is 86.1 cm³/mol. The lowest BCUT2D eigenvalue weighted by atomic mass is 9.81. The Morgan fingerprint density at radius 3 is 2.39 bits per heavy atom. The molecule has 0 saturated heterocycles. The van der Waals surface area contributed by atoms with Crippen LogP contribution in [-0.2, 0) is 19.1 Å². The summed E-state index contributed by atoms with van der Waals surface area (Å²) in [6, 6.07) is 5.95. The molecule has 0 amide bonds. The van der Waals surface area contributed by atoms with Crippen LogP contribution in [0.25, 0.3) is 0 Å². The largest absolute Gasteiger partial charge is 0.462 e. The van der Waals surface area contributed by atoms with Gasteiger partial charge in [0.15, 0.2) is 5.78 Å². The van der Waals surface area contributed by atoms with E-state index in [1.165, 1.54) is 13.8 Å². The van der Waals surface area contributed by atoms with E-state index in [0.717, 1.165) is 4.47 Å². The molecule has 0 N–H and O–H groups in total. The number of carbonyl (C=O) groups excluding carboxylic acids is 2. The molecular formula is C17H16BrFO4. The molecule has 23 heavy (non-hydrogen) atoms. The van der Waals surface area contributed by atoms with Crippen LogP contribution in [0, 0.1) is 0 Å². The molecule has 0 saturated carbocycles. The van der Waals surface area contributed by atoms with E-state index < -0.39 is 17.9 Å². The van der Waals surface area contributed by atoms with E-state index in [9.17, 15) is 14.0 Å². The number of hydrogen-bond acceptors (Lipinski definition) is 4. The Bertz CT molecular complexity index is 704. The second-order valence-corrected chi connectivity index (χ2v) is 5.94. The monoisotopic (exact) mass is 382 g/mol. The maximum Gasteiger partial charge on any atom is 0.341 e. The third-order valence-corrected chi connectivity index (χ3v) is 4.02. The van der Waals surface area contributed by atoms with E-state index in [0.29, 0.717) is 5.56 Å². The van der Waals surface area contributed by atoms with Gasteiger partial charge >= 0.3 is 5.97 Å². The van der Waals surface area contributed by atoms with Crippen LogP contribution in [0.3, 0.4) is 0 Å². The number of ether oxygens (including phenoxy) is 2. The molecule has 0 bridgehead atoms. The maximum atomic E-state index is 14.3. The molecule has 1 aliphatic heterocycles. The Kier molecular flexibility index (Phi) is 5.36. The minimum Gasteiger partial charge on any atom is -0.462 e. The molecule has 0 fully saturated rings. The van der Waals surface area contributed by atoms with Crippen LogP contribution < -0.4 is 0 Å². The van der Waals surface area contributed by atoms with Gasteiger partial charge in [0.2, 0.25) is 0 Å². The first-order valence-corrected chi connectivity index (χ1v) is 7.87. The number of rotatable bonds is 4. The minimum atomic E-state index is -1.03. The second kappa shape index (κ2) is 7.08. The van der Waals surface area contributed by atoms with Crippen molar-refractivity contribution < 1.29 is 23.5 Å². The molecule has 122 valence electrons. The van der Waals surface area contributed by atoms with Gasteiger partial charge in [-0.2, -0.15) is 4.39 Å². The van der Waals surface area contributed by atoms with Gasteiger partial charge in [-0.1, -0.05) is 28.1 Å². The standard InChI is InChI=1S/C17H16BrFO4/c1-4-22-17(21)15-14(11-5-7-12(18)8-6-11)13(9(2)20)10(3)23-16(15)19/h5-8,14H,4H2,1-3H3. The molecule has 6 heteroatoms. The van der Waals surface area contributed by atoms with E-state index in [-0.39, 0.29) is 29.3 Å². The van der Waals surface area contributed by atoms with Crippen molar-refractivity contribution >= 4 is 27.7 Å². The number of ketones is 1. The first-order valence-electron chi connectivity index (χ1n) is 7.08. The summed E-state index contributed by atoms with van der Waals surface area (Å²) in [6.07, 6.45) is 0. The zero-order chi connectivity index (χ0) is 17.1. The summed E-state index contributed by atoms with van der Waals surface area (Å²) in [5.74, 6) is -1.82. The van der Waals surface area contributed by atoms with Crippen molar-refractivity contribution in [3.05, 3.63) is 57.2 Å².